The molecule has 4 nitrogen and oxygen atoms in total. The molecule has 100 valence electrons. The highest BCUT2D eigenvalue weighted by atomic mass is 16.3. The summed E-state index contributed by atoms with van der Waals surface area (Å²) in [6.07, 6.45) is 3.83. The van der Waals surface area contributed by atoms with Gasteiger partial charge in [0.2, 0.25) is 5.91 Å². The van der Waals surface area contributed by atoms with Crippen LogP contribution in [0.5, 0.6) is 0 Å². The Morgan fingerprint density at radius 3 is 2.63 bits per heavy atom. The van der Waals surface area contributed by atoms with E-state index in [1.165, 1.54) is 6.08 Å². The van der Waals surface area contributed by atoms with Gasteiger partial charge in [-0.3, -0.25) is 4.79 Å². The van der Waals surface area contributed by atoms with Crippen LogP contribution in [0.3, 0.4) is 0 Å². The zero-order chi connectivity index (χ0) is 14.1. The summed E-state index contributed by atoms with van der Waals surface area (Å²) >= 11 is 0. The maximum absolute atomic E-state index is 11.9. The molecule has 0 aliphatic heterocycles. The van der Waals surface area contributed by atoms with Crippen LogP contribution in [0.2, 0.25) is 0 Å². The molecule has 0 unspecified atom stereocenters. The molecule has 4 heteroatoms. The van der Waals surface area contributed by atoms with Crippen LogP contribution < -0.4 is 0 Å². The first kappa shape index (κ1) is 14.9. The molecule has 0 saturated heterocycles. The van der Waals surface area contributed by atoms with Gasteiger partial charge in [0.25, 0.3) is 0 Å². The third-order valence-corrected chi connectivity index (χ3v) is 2.74. The van der Waals surface area contributed by atoms with E-state index < -0.39 is 0 Å². The van der Waals surface area contributed by atoms with E-state index in [1.54, 1.807) is 35.2 Å². The minimum absolute atomic E-state index is 0.0692. The van der Waals surface area contributed by atoms with E-state index in [4.69, 9.17) is 10.4 Å². The largest absolute Gasteiger partial charge is 0.396 e. The molecule has 0 aliphatic rings. The van der Waals surface area contributed by atoms with E-state index in [2.05, 4.69) is 0 Å². The summed E-state index contributed by atoms with van der Waals surface area (Å²) in [6.45, 7) is 3.17. The van der Waals surface area contributed by atoms with Crippen LogP contribution >= 0.6 is 0 Å². The number of hydrogen-bond acceptors (Lipinski definition) is 3. The van der Waals surface area contributed by atoms with Crippen LogP contribution in [0.4, 0.5) is 0 Å². The molecule has 1 aromatic carbocycles. The zero-order valence-corrected chi connectivity index (χ0v) is 11.0. The lowest BCUT2D eigenvalue weighted by molar-refractivity contribution is -0.125. The van der Waals surface area contributed by atoms with Crippen molar-refractivity contribution in [2.24, 2.45) is 0 Å². The van der Waals surface area contributed by atoms with Crippen LogP contribution in [0.15, 0.2) is 30.3 Å². The lowest BCUT2D eigenvalue weighted by Gasteiger charge is -2.18. The van der Waals surface area contributed by atoms with Crippen molar-refractivity contribution in [3.63, 3.8) is 0 Å². The molecule has 0 aromatic heterocycles. The molecule has 0 spiro atoms. The SMILES string of the molecule is CCN(CCCO)C(=O)/C=C/c1ccc(C#N)cc1. The monoisotopic (exact) mass is 258 g/mol. The molecule has 0 bridgehead atoms. The number of nitriles is 1. The second-order valence-electron chi connectivity index (χ2n) is 4.06. The highest BCUT2D eigenvalue weighted by molar-refractivity contribution is 5.91. The fourth-order valence-electron chi connectivity index (χ4n) is 1.63. The smallest absolute Gasteiger partial charge is 0.246 e. The first-order valence-corrected chi connectivity index (χ1v) is 6.29. The Morgan fingerprint density at radius 1 is 1.42 bits per heavy atom. The summed E-state index contributed by atoms with van der Waals surface area (Å²) in [5.41, 5.74) is 1.48. The molecule has 0 radical (unpaired) electrons. The van der Waals surface area contributed by atoms with Gasteiger partial charge in [-0.05, 0) is 37.1 Å². The van der Waals surface area contributed by atoms with Gasteiger partial charge in [-0.15, -0.1) is 0 Å². The van der Waals surface area contributed by atoms with Crippen molar-refractivity contribution in [3.8, 4) is 6.07 Å². The topological polar surface area (TPSA) is 64.3 Å². The number of nitrogens with zero attached hydrogens (tertiary/aromatic N) is 2. The molecule has 1 N–H and O–H groups in total. The average molecular weight is 258 g/mol. The van der Waals surface area contributed by atoms with Gasteiger partial charge in [0, 0.05) is 25.8 Å². The van der Waals surface area contributed by atoms with Gasteiger partial charge in [0.1, 0.15) is 0 Å². The van der Waals surface area contributed by atoms with Crippen molar-refractivity contribution >= 4 is 12.0 Å². The number of amides is 1. The number of carbonyl (C=O) groups excluding carboxylic acids is 1. The quantitative estimate of drug-likeness (QED) is 0.791. The van der Waals surface area contributed by atoms with Gasteiger partial charge in [-0.25, -0.2) is 0 Å². The van der Waals surface area contributed by atoms with E-state index in [9.17, 15) is 4.79 Å². The van der Waals surface area contributed by atoms with E-state index in [0.717, 1.165) is 5.56 Å². The fraction of sp³-hybridized carbons (Fsp3) is 0.333. The van der Waals surface area contributed by atoms with Crippen LogP contribution in [-0.2, 0) is 4.79 Å². The maximum Gasteiger partial charge on any atom is 0.246 e. The molecule has 0 saturated carbocycles. The van der Waals surface area contributed by atoms with E-state index in [0.29, 0.717) is 25.1 Å². The van der Waals surface area contributed by atoms with Gasteiger partial charge in [-0.1, -0.05) is 12.1 Å². The van der Waals surface area contributed by atoms with E-state index in [-0.39, 0.29) is 12.5 Å². The molecule has 1 amide bonds. The Bertz CT molecular complexity index is 472. The van der Waals surface area contributed by atoms with Gasteiger partial charge in [0.15, 0.2) is 0 Å². The van der Waals surface area contributed by atoms with Crippen LogP contribution in [0.1, 0.15) is 24.5 Å². The van der Waals surface area contributed by atoms with Crippen LogP contribution in [0, 0.1) is 11.3 Å². The summed E-state index contributed by atoms with van der Waals surface area (Å²) in [4.78, 5) is 13.6. The Labute approximate surface area is 113 Å². The van der Waals surface area contributed by atoms with Crippen molar-refractivity contribution in [1.29, 1.82) is 5.26 Å². The lowest BCUT2D eigenvalue weighted by Crippen LogP contribution is -2.30. The zero-order valence-electron chi connectivity index (χ0n) is 11.0. The number of rotatable bonds is 6. The van der Waals surface area contributed by atoms with Gasteiger partial charge in [-0.2, -0.15) is 5.26 Å². The fourth-order valence-corrected chi connectivity index (χ4v) is 1.63. The Morgan fingerprint density at radius 2 is 2.11 bits per heavy atom. The number of aliphatic hydroxyl groups is 1. The third-order valence-electron chi connectivity index (χ3n) is 2.74. The average Bonchev–Trinajstić information content (AvgIpc) is 2.46. The normalized spacial score (nSPS) is 10.4. The number of likely N-dealkylation sites (N-methyl/N-ethyl adjacent to an activating group) is 1. The Balaban J connectivity index is 2.63. The Kier molecular flexibility index (Phi) is 6.34. The lowest BCUT2D eigenvalue weighted by atomic mass is 10.1. The third kappa shape index (κ3) is 4.94. The van der Waals surface area contributed by atoms with Gasteiger partial charge < -0.3 is 10.0 Å². The minimum atomic E-state index is -0.0692. The summed E-state index contributed by atoms with van der Waals surface area (Å²) < 4.78 is 0. The predicted octanol–water partition coefficient (Wildman–Crippen LogP) is 1.80. The standard InChI is InChI=1S/C15H18N2O2/c1-2-17(10-3-11-18)15(19)9-8-13-4-6-14(12-16)7-5-13/h4-9,18H,2-3,10-11H2,1H3/b9-8+. The van der Waals surface area contributed by atoms with Crippen molar-refractivity contribution < 1.29 is 9.90 Å². The summed E-state index contributed by atoms with van der Waals surface area (Å²) in [5, 5.41) is 17.5. The summed E-state index contributed by atoms with van der Waals surface area (Å²) in [7, 11) is 0. The first-order valence-electron chi connectivity index (χ1n) is 6.29. The Hall–Kier alpha value is -2.12. The number of aliphatic hydroxyl groups excluding tert-OH is 1. The van der Waals surface area contributed by atoms with Gasteiger partial charge in [0.05, 0.1) is 11.6 Å². The van der Waals surface area contributed by atoms with Crippen molar-refractivity contribution in [1.82, 2.24) is 4.90 Å². The molecule has 1 aromatic rings. The van der Waals surface area contributed by atoms with E-state index in [1.807, 2.05) is 13.0 Å². The highest BCUT2D eigenvalue weighted by Gasteiger charge is 2.06. The molecular formula is C15H18N2O2. The molecule has 1 rings (SSSR count). The number of benzene rings is 1. The van der Waals surface area contributed by atoms with Crippen molar-refractivity contribution in [2.75, 3.05) is 19.7 Å². The summed E-state index contributed by atoms with van der Waals surface area (Å²) in [5.74, 6) is -0.0692. The van der Waals surface area contributed by atoms with Crippen LogP contribution in [-0.4, -0.2) is 35.6 Å². The van der Waals surface area contributed by atoms with Crippen molar-refractivity contribution in [2.45, 2.75) is 13.3 Å². The minimum Gasteiger partial charge on any atom is -0.396 e. The van der Waals surface area contributed by atoms with Crippen LogP contribution in [0.25, 0.3) is 6.08 Å². The molecular weight excluding hydrogens is 240 g/mol. The second kappa shape index (κ2) is 8.06. The van der Waals surface area contributed by atoms with E-state index >= 15 is 0 Å². The summed E-state index contributed by atoms with van der Waals surface area (Å²) in [6, 6.07) is 9.07. The second-order valence-corrected chi connectivity index (χ2v) is 4.06. The molecule has 0 aliphatic carbocycles. The predicted molar refractivity (Wildman–Crippen MR) is 74.1 cm³/mol. The first-order chi connectivity index (χ1) is 9.21. The highest BCUT2D eigenvalue weighted by Crippen LogP contribution is 2.06. The van der Waals surface area contributed by atoms with Gasteiger partial charge >= 0.3 is 0 Å². The molecule has 0 fully saturated rings. The number of carbonyl (C=O) groups is 1. The molecule has 19 heavy (non-hydrogen) atoms. The molecule has 0 atom stereocenters. The van der Waals surface area contributed by atoms with Crippen molar-refractivity contribution in [3.05, 3.63) is 41.5 Å². The number of hydrogen-bond donors (Lipinski definition) is 1. The molecule has 0 heterocycles. The maximum atomic E-state index is 11.9.